The average Bonchev–Trinajstić information content (AvgIpc) is 3.07. The van der Waals surface area contributed by atoms with E-state index in [0.717, 1.165) is 18.1 Å². The quantitative estimate of drug-likeness (QED) is 0.518. The fourth-order valence-electron chi connectivity index (χ4n) is 2.98. The van der Waals surface area contributed by atoms with Crippen LogP contribution in [0.25, 0.3) is 0 Å². The minimum absolute atomic E-state index is 0.00601. The summed E-state index contributed by atoms with van der Waals surface area (Å²) in [5.41, 5.74) is -3.70. The normalized spacial score (nSPS) is 20.1. The van der Waals surface area contributed by atoms with Gasteiger partial charge in [-0.25, -0.2) is 0 Å². The van der Waals surface area contributed by atoms with E-state index in [9.17, 15) is 26.3 Å². The van der Waals surface area contributed by atoms with Crippen molar-refractivity contribution < 1.29 is 31.2 Å². The van der Waals surface area contributed by atoms with Crippen molar-refractivity contribution in [3.05, 3.63) is 69.7 Å². The van der Waals surface area contributed by atoms with E-state index in [2.05, 4.69) is 5.16 Å². The summed E-state index contributed by atoms with van der Waals surface area (Å²) < 4.78 is 81.0. The van der Waals surface area contributed by atoms with Crippen LogP contribution in [-0.2, 0) is 23.0 Å². The summed E-state index contributed by atoms with van der Waals surface area (Å²) >= 11 is 5.67. The number of nitrogens with zero attached hydrogens (tertiary/aromatic N) is 1. The van der Waals surface area contributed by atoms with Crippen molar-refractivity contribution in [3.8, 4) is 0 Å². The lowest BCUT2D eigenvalue weighted by atomic mass is 9.85. The summed E-state index contributed by atoms with van der Waals surface area (Å²) in [6.07, 6.45) is -9.89. The molecular formula is C19H14ClF6NO. The zero-order valence-corrected chi connectivity index (χ0v) is 15.2. The molecule has 1 unspecified atom stereocenters. The molecule has 2 aromatic rings. The zero-order chi connectivity index (χ0) is 20.7. The van der Waals surface area contributed by atoms with E-state index >= 15 is 0 Å². The summed E-state index contributed by atoms with van der Waals surface area (Å²) in [5.74, 6) is 0. The molecule has 0 aromatic heterocycles. The Balaban J connectivity index is 2.04. The first kappa shape index (κ1) is 20.5. The number of halogens is 7. The van der Waals surface area contributed by atoms with Crippen LogP contribution in [0.1, 0.15) is 35.6 Å². The van der Waals surface area contributed by atoms with Crippen molar-refractivity contribution in [3.63, 3.8) is 0 Å². The third kappa shape index (κ3) is 3.70. The predicted molar refractivity (Wildman–Crippen MR) is 92.2 cm³/mol. The molecule has 1 heterocycles. The van der Waals surface area contributed by atoms with Gasteiger partial charge in [-0.1, -0.05) is 47.9 Å². The molecule has 1 aliphatic rings. The fraction of sp³-hybridized carbons (Fsp3) is 0.316. The Bertz CT molecular complexity index is 904. The van der Waals surface area contributed by atoms with Gasteiger partial charge in [-0.2, -0.15) is 26.3 Å². The zero-order valence-electron chi connectivity index (χ0n) is 14.5. The lowest BCUT2D eigenvalue weighted by molar-refractivity contribution is -0.276. The maximum absolute atomic E-state index is 13.9. The second kappa shape index (κ2) is 6.99. The highest BCUT2D eigenvalue weighted by Gasteiger charge is 2.62. The Labute approximate surface area is 161 Å². The van der Waals surface area contributed by atoms with Gasteiger partial charge in [-0.15, -0.1) is 0 Å². The second-order valence-electron chi connectivity index (χ2n) is 6.41. The van der Waals surface area contributed by atoms with Gasteiger partial charge in [0.2, 0.25) is 0 Å². The largest absolute Gasteiger partial charge is 0.435 e. The molecule has 0 radical (unpaired) electrons. The second-order valence-corrected chi connectivity index (χ2v) is 6.84. The SMILES string of the molecule is CCc1ccc(C2=NOC(c3cc(Cl)cc(C(F)(F)F)c3)(C(F)(F)F)C2)cc1. The number of hydrogen-bond donors (Lipinski definition) is 0. The lowest BCUT2D eigenvalue weighted by Crippen LogP contribution is -2.42. The molecule has 1 aliphatic heterocycles. The van der Waals surface area contributed by atoms with Gasteiger partial charge < -0.3 is 4.84 Å². The monoisotopic (exact) mass is 421 g/mol. The molecule has 0 amide bonds. The van der Waals surface area contributed by atoms with Crippen molar-refractivity contribution in [2.75, 3.05) is 0 Å². The van der Waals surface area contributed by atoms with E-state index in [-0.39, 0.29) is 5.71 Å². The van der Waals surface area contributed by atoms with Crippen molar-refractivity contribution in [2.45, 2.75) is 37.7 Å². The molecule has 0 saturated carbocycles. The fourth-order valence-corrected chi connectivity index (χ4v) is 3.21. The Hall–Kier alpha value is -2.22. The summed E-state index contributed by atoms with van der Waals surface area (Å²) in [5, 5.41) is 3.08. The van der Waals surface area contributed by atoms with Gasteiger partial charge in [0.1, 0.15) is 0 Å². The van der Waals surface area contributed by atoms with E-state index in [0.29, 0.717) is 17.7 Å². The highest BCUT2D eigenvalue weighted by molar-refractivity contribution is 6.30. The molecule has 0 spiro atoms. The number of aryl methyl sites for hydroxylation is 1. The molecule has 9 heteroatoms. The molecule has 150 valence electrons. The molecule has 0 fully saturated rings. The maximum Gasteiger partial charge on any atom is 0.435 e. The average molecular weight is 422 g/mol. The van der Waals surface area contributed by atoms with Crippen molar-refractivity contribution in [2.24, 2.45) is 5.16 Å². The molecule has 0 bridgehead atoms. The van der Waals surface area contributed by atoms with Crippen LogP contribution in [-0.4, -0.2) is 11.9 Å². The minimum atomic E-state index is -5.02. The summed E-state index contributed by atoms with van der Waals surface area (Å²) in [7, 11) is 0. The lowest BCUT2D eigenvalue weighted by Gasteiger charge is -2.30. The van der Waals surface area contributed by atoms with E-state index in [1.54, 1.807) is 24.3 Å². The molecular weight excluding hydrogens is 408 g/mol. The number of oxime groups is 1. The van der Waals surface area contributed by atoms with Gasteiger partial charge in [0.05, 0.1) is 11.3 Å². The van der Waals surface area contributed by atoms with E-state index in [1.165, 1.54) is 0 Å². The Morgan fingerprint density at radius 2 is 1.68 bits per heavy atom. The van der Waals surface area contributed by atoms with Gasteiger partial charge >= 0.3 is 12.4 Å². The van der Waals surface area contributed by atoms with E-state index in [4.69, 9.17) is 16.4 Å². The topological polar surface area (TPSA) is 21.6 Å². The maximum atomic E-state index is 13.9. The van der Waals surface area contributed by atoms with Crippen LogP contribution < -0.4 is 0 Å². The van der Waals surface area contributed by atoms with Gasteiger partial charge in [-0.3, -0.25) is 0 Å². The van der Waals surface area contributed by atoms with Crippen LogP contribution in [0, 0.1) is 0 Å². The highest BCUT2D eigenvalue weighted by atomic mass is 35.5. The molecule has 0 saturated heterocycles. The van der Waals surface area contributed by atoms with Crippen LogP contribution in [0.3, 0.4) is 0 Å². The highest BCUT2D eigenvalue weighted by Crippen LogP contribution is 2.50. The smallest absolute Gasteiger partial charge is 0.374 e. The summed E-state index contributed by atoms with van der Waals surface area (Å²) in [6, 6.07) is 8.48. The van der Waals surface area contributed by atoms with Crippen LogP contribution in [0.5, 0.6) is 0 Å². The Kier molecular flexibility index (Phi) is 5.12. The molecule has 0 N–H and O–H groups in total. The van der Waals surface area contributed by atoms with E-state index in [1.807, 2.05) is 6.92 Å². The number of benzene rings is 2. The Morgan fingerprint density at radius 1 is 1.04 bits per heavy atom. The first-order valence-corrected chi connectivity index (χ1v) is 8.63. The predicted octanol–water partition coefficient (Wildman–Crippen LogP) is 6.50. The molecule has 28 heavy (non-hydrogen) atoms. The minimum Gasteiger partial charge on any atom is -0.374 e. The molecule has 3 rings (SSSR count). The van der Waals surface area contributed by atoms with Crippen LogP contribution in [0.15, 0.2) is 47.6 Å². The molecule has 2 aromatic carbocycles. The van der Waals surface area contributed by atoms with Crippen LogP contribution in [0.2, 0.25) is 5.02 Å². The first-order valence-electron chi connectivity index (χ1n) is 8.25. The van der Waals surface area contributed by atoms with E-state index < -0.39 is 40.5 Å². The van der Waals surface area contributed by atoms with Crippen LogP contribution in [0.4, 0.5) is 26.3 Å². The Morgan fingerprint density at radius 3 is 2.21 bits per heavy atom. The van der Waals surface area contributed by atoms with Crippen molar-refractivity contribution in [1.29, 1.82) is 0 Å². The first-order chi connectivity index (χ1) is 13.0. The van der Waals surface area contributed by atoms with Gasteiger partial charge in [0.15, 0.2) is 0 Å². The summed E-state index contributed by atoms with van der Waals surface area (Å²) in [4.78, 5) is 4.77. The number of hydrogen-bond acceptors (Lipinski definition) is 2. The van der Waals surface area contributed by atoms with Gasteiger partial charge in [-0.05, 0) is 35.7 Å². The molecule has 0 aliphatic carbocycles. The third-order valence-corrected chi connectivity index (χ3v) is 4.79. The summed E-state index contributed by atoms with van der Waals surface area (Å²) in [6.45, 7) is 1.93. The third-order valence-electron chi connectivity index (χ3n) is 4.57. The van der Waals surface area contributed by atoms with Gasteiger partial charge in [0.25, 0.3) is 5.60 Å². The van der Waals surface area contributed by atoms with Gasteiger partial charge in [0, 0.05) is 17.0 Å². The molecule has 1 atom stereocenters. The standard InChI is InChI=1S/C19H14ClF6NO/c1-2-11-3-5-12(6-4-11)16-10-17(28-27-16,19(24,25)26)13-7-14(18(21,22)23)9-15(20)8-13/h3-9H,2,10H2,1H3. The van der Waals surface area contributed by atoms with Crippen molar-refractivity contribution >= 4 is 17.3 Å². The van der Waals surface area contributed by atoms with Crippen molar-refractivity contribution in [1.82, 2.24) is 0 Å². The number of rotatable bonds is 3. The number of alkyl halides is 6. The van der Waals surface area contributed by atoms with Crippen LogP contribution >= 0.6 is 11.6 Å². The molecule has 2 nitrogen and oxygen atoms in total.